The molecule has 2 aliphatic carbocycles. The Balaban J connectivity index is 1.43. The van der Waals surface area contributed by atoms with E-state index in [1.54, 1.807) is 12.1 Å². The molecular formula is C25H29NO9. The lowest BCUT2D eigenvalue weighted by Gasteiger charge is -2.61. The molecule has 35 heavy (non-hydrogen) atoms. The van der Waals surface area contributed by atoms with Crippen molar-refractivity contribution in [1.82, 2.24) is 4.90 Å². The van der Waals surface area contributed by atoms with Crippen molar-refractivity contribution in [2.45, 2.75) is 68.3 Å². The highest BCUT2D eigenvalue weighted by Gasteiger charge is 2.72. The average molecular weight is 488 g/mol. The number of phenols is 1. The molecule has 10 nitrogen and oxygen atoms in total. The van der Waals surface area contributed by atoms with Gasteiger partial charge < -0.3 is 34.8 Å². The number of piperidine rings is 1. The third-order valence-corrected chi connectivity index (χ3v) is 8.22. The van der Waals surface area contributed by atoms with E-state index >= 15 is 0 Å². The summed E-state index contributed by atoms with van der Waals surface area (Å²) in [5.41, 5.74) is -0.321. The first-order valence-electron chi connectivity index (χ1n) is 11.8. The van der Waals surface area contributed by atoms with Gasteiger partial charge in [-0.25, -0.2) is 0 Å². The van der Waals surface area contributed by atoms with Crippen molar-refractivity contribution in [3.8, 4) is 11.5 Å². The van der Waals surface area contributed by atoms with Gasteiger partial charge in [0.05, 0.1) is 23.4 Å². The molecule has 0 aromatic heterocycles. The maximum Gasteiger partial charge on any atom is 0.314 e. The van der Waals surface area contributed by atoms with Gasteiger partial charge in [-0.2, -0.15) is 0 Å². The summed E-state index contributed by atoms with van der Waals surface area (Å²) in [6.07, 6.45) is -0.620. The van der Waals surface area contributed by atoms with Crippen LogP contribution in [-0.4, -0.2) is 80.5 Å². The molecule has 188 valence electrons. The fraction of sp³-hybridized carbons (Fsp3) is 0.560. The van der Waals surface area contributed by atoms with E-state index < -0.39 is 53.3 Å². The first-order chi connectivity index (χ1) is 16.5. The molecule has 2 heterocycles. The van der Waals surface area contributed by atoms with E-state index in [0.717, 1.165) is 11.1 Å². The lowest BCUT2D eigenvalue weighted by molar-refractivity contribution is -0.170. The lowest BCUT2D eigenvalue weighted by atomic mass is 9.50. The Morgan fingerprint density at radius 1 is 1.29 bits per heavy atom. The molecule has 5 rings (SSSR count). The summed E-state index contributed by atoms with van der Waals surface area (Å²) in [5, 5.41) is 41.1. The van der Waals surface area contributed by atoms with Crippen LogP contribution in [-0.2, 0) is 31.0 Å². The molecule has 1 spiro atoms. The van der Waals surface area contributed by atoms with Crippen LogP contribution in [0.15, 0.2) is 24.0 Å². The van der Waals surface area contributed by atoms with Gasteiger partial charge in [-0.1, -0.05) is 13.0 Å². The van der Waals surface area contributed by atoms with Gasteiger partial charge in [-0.05, 0) is 44.1 Å². The molecule has 0 amide bonds. The van der Waals surface area contributed by atoms with Crippen LogP contribution < -0.4 is 4.74 Å². The summed E-state index contributed by atoms with van der Waals surface area (Å²) in [6.45, 7) is 2.15. The van der Waals surface area contributed by atoms with Crippen molar-refractivity contribution < 1.29 is 44.3 Å². The number of ether oxygens (including phenoxy) is 2. The molecule has 4 aliphatic rings. The minimum Gasteiger partial charge on any atom is -0.504 e. The number of phenolic OH excluding ortho intramolecular Hbond substituents is 1. The number of carbonyl (C=O) groups is 3. The number of nitrogens with zero attached hydrogens (tertiary/aromatic N) is 1. The van der Waals surface area contributed by atoms with E-state index in [1.807, 2.05) is 13.1 Å². The summed E-state index contributed by atoms with van der Waals surface area (Å²) >= 11 is 0. The van der Waals surface area contributed by atoms with E-state index in [1.165, 1.54) is 6.92 Å². The van der Waals surface area contributed by atoms with Crippen molar-refractivity contribution in [3.05, 3.63) is 35.1 Å². The van der Waals surface area contributed by atoms with E-state index in [-0.39, 0.29) is 30.4 Å². The summed E-state index contributed by atoms with van der Waals surface area (Å²) in [6, 6.07) is 3.26. The SMILES string of the molecule is C[C@H](CC(=O)[C@@H](O)CC(=O)O)C(=O)OC1=CC[C@@]2(O)[C@H]3Cc4ccc(O)c5c4C2(CCN3C)C1O5. The van der Waals surface area contributed by atoms with E-state index in [0.29, 0.717) is 25.1 Å². The number of benzene rings is 1. The predicted molar refractivity (Wildman–Crippen MR) is 120 cm³/mol. The number of carboxylic acid groups (broad SMARTS) is 1. The number of carbonyl (C=O) groups excluding carboxylic acids is 2. The highest BCUT2D eigenvalue weighted by Crippen LogP contribution is 2.65. The number of Topliss-reactive ketones (excluding diaryl/α,β-unsaturated/α-hetero) is 1. The maximum atomic E-state index is 12.9. The molecule has 1 fully saturated rings. The average Bonchev–Trinajstić information content (AvgIpc) is 3.15. The van der Waals surface area contributed by atoms with Gasteiger partial charge in [0.2, 0.25) is 0 Å². The number of hydrogen-bond acceptors (Lipinski definition) is 9. The Bertz CT molecular complexity index is 1150. The molecule has 1 aromatic carbocycles. The molecular weight excluding hydrogens is 458 g/mol. The molecule has 0 radical (unpaired) electrons. The number of ketones is 1. The fourth-order valence-corrected chi connectivity index (χ4v) is 6.45. The van der Waals surface area contributed by atoms with Gasteiger partial charge in [0.15, 0.2) is 23.4 Å². The Morgan fingerprint density at radius 3 is 2.74 bits per heavy atom. The van der Waals surface area contributed by atoms with Crippen LogP contribution >= 0.6 is 0 Å². The zero-order valence-corrected chi connectivity index (χ0v) is 19.6. The molecule has 1 aromatic rings. The number of aromatic hydroxyl groups is 1. The molecule has 2 aliphatic heterocycles. The van der Waals surface area contributed by atoms with Crippen molar-refractivity contribution in [2.75, 3.05) is 13.6 Å². The Labute approximate surface area is 201 Å². The van der Waals surface area contributed by atoms with Crippen molar-refractivity contribution in [2.24, 2.45) is 5.92 Å². The Kier molecular flexibility index (Phi) is 5.46. The Hall–Kier alpha value is -2.95. The Morgan fingerprint density at radius 2 is 2.03 bits per heavy atom. The van der Waals surface area contributed by atoms with Crippen LogP contribution in [0.1, 0.15) is 43.7 Å². The third-order valence-electron chi connectivity index (χ3n) is 8.22. The first-order valence-corrected chi connectivity index (χ1v) is 11.8. The zero-order valence-electron chi connectivity index (χ0n) is 19.6. The van der Waals surface area contributed by atoms with Crippen LogP contribution in [0.5, 0.6) is 11.5 Å². The highest BCUT2D eigenvalue weighted by molar-refractivity contribution is 5.90. The monoisotopic (exact) mass is 487 g/mol. The lowest BCUT2D eigenvalue weighted by Crippen LogP contribution is -2.74. The summed E-state index contributed by atoms with van der Waals surface area (Å²) < 4.78 is 11.9. The second-order valence-electron chi connectivity index (χ2n) is 10.2. The summed E-state index contributed by atoms with van der Waals surface area (Å²) in [7, 11) is 1.98. The van der Waals surface area contributed by atoms with Crippen molar-refractivity contribution in [1.29, 1.82) is 0 Å². The molecule has 6 atom stereocenters. The number of aliphatic hydroxyl groups excluding tert-OH is 1. The zero-order chi connectivity index (χ0) is 25.3. The van der Waals surface area contributed by atoms with Crippen LogP contribution in [0.4, 0.5) is 0 Å². The molecule has 4 N–H and O–H groups in total. The second kappa shape index (κ2) is 8.04. The van der Waals surface area contributed by atoms with E-state index in [9.17, 15) is 29.7 Å². The summed E-state index contributed by atoms with van der Waals surface area (Å²) in [4.78, 5) is 37.9. The van der Waals surface area contributed by atoms with Crippen LogP contribution in [0.25, 0.3) is 0 Å². The van der Waals surface area contributed by atoms with Crippen LogP contribution in [0.2, 0.25) is 0 Å². The van der Waals surface area contributed by atoms with Crippen molar-refractivity contribution in [3.63, 3.8) is 0 Å². The molecule has 2 bridgehead atoms. The topological polar surface area (TPSA) is 154 Å². The van der Waals surface area contributed by atoms with Crippen LogP contribution in [0.3, 0.4) is 0 Å². The predicted octanol–water partition coefficient (Wildman–Crippen LogP) is 0.644. The van der Waals surface area contributed by atoms with E-state index in [2.05, 4.69) is 4.90 Å². The van der Waals surface area contributed by atoms with Crippen molar-refractivity contribution >= 4 is 17.7 Å². The largest absolute Gasteiger partial charge is 0.504 e. The third kappa shape index (κ3) is 3.30. The number of aliphatic carboxylic acids is 1. The van der Waals surface area contributed by atoms with Gasteiger partial charge >= 0.3 is 11.9 Å². The van der Waals surface area contributed by atoms with Gasteiger partial charge in [0.1, 0.15) is 11.9 Å². The van der Waals surface area contributed by atoms with Crippen LogP contribution in [0, 0.1) is 5.92 Å². The molecule has 2 unspecified atom stereocenters. The second-order valence-corrected chi connectivity index (χ2v) is 10.2. The fourth-order valence-electron chi connectivity index (χ4n) is 6.45. The van der Waals surface area contributed by atoms with Gasteiger partial charge in [0, 0.05) is 24.4 Å². The van der Waals surface area contributed by atoms with Gasteiger partial charge in [-0.15, -0.1) is 0 Å². The smallest absolute Gasteiger partial charge is 0.314 e. The number of carboxylic acids is 1. The number of aliphatic hydroxyl groups is 2. The molecule has 10 heteroatoms. The van der Waals surface area contributed by atoms with Gasteiger partial charge in [-0.3, -0.25) is 14.4 Å². The number of hydrogen-bond donors (Lipinski definition) is 4. The first kappa shape index (κ1) is 23.8. The number of esters is 1. The van der Waals surface area contributed by atoms with Gasteiger partial charge in [0.25, 0.3) is 0 Å². The standard InChI is InChI=1S/C25H29NO9/c1-12(9-15(28)16(29)11-19(30)31)23(32)34-17-5-6-25(33)18-10-13-3-4-14(27)21-20(13)24(25,22(17)35-21)7-8-26(18)2/h3-5,12,16,18,22,27,29,33H,6-11H2,1-2H3,(H,30,31)/t12-,16+,18-,22?,24?,25-/m1/s1. The maximum absolute atomic E-state index is 12.9. The molecule has 0 saturated carbocycles. The number of likely N-dealkylation sites (N-methyl/N-ethyl adjacent to an activating group) is 1. The molecule has 1 saturated heterocycles. The minimum atomic E-state index is -1.70. The number of likely N-dealkylation sites (tertiary alicyclic amines) is 1. The highest BCUT2D eigenvalue weighted by atomic mass is 16.6. The number of rotatable bonds is 7. The summed E-state index contributed by atoms with van der Waals surface area (Å²) in [5.74, 6) is -3.25. The minimum absolute atomic E-state index is 0.0377. The normalized spacial score (nSPS) is 32.1. The quantitative estimate of drug-likeness (QED) is 0.403. The van der Waals surface area contributed by atoms with E-state index in [4.69, 9.17) is 14.6 Å².